The molecule has 3 N–H and O–H groups in total. The van der Waals surface area contributed by atoms with E-state index in [0.29, 0.717) is 10.5 Å². The molecule has 0 aliphatic carbocycles. The fourth-order valence-electron chi connectivity index (χ4n) is 3.41. The van der Waals surface area contributed by atoms with Gasteiger partial charge in [-0.3, -0.25) is 0 Å². The van der Waals surface area contributed by atoms with Crippen LogP contribution in [0.4, 0.5) is 37.7 Å². The predicted octanol–water partition coefficient (Wildman–Crippen LogP) is 7.83. The van der Waals surface area contributed by atoms with Crippen LogP contribution in [0.5, 0.6) is 5.75 Å². The molecule has 0 saturated heterocycles. The van der Waals surface area contributed by atoms with Crippen LogP contribution in [0.3, 0.4) is 0 Å². The van der Waals surface area contributed by atoms with E-state index in [2.05, 4.69) is 33.0 Å². The van der Waals surface area contributed by atoms with Crippen molar-refractivity contribution in [2.45, 2.75) is 30.9 Å². The van der Waals surface area contributed by atoms with Gasteiger partial charge in [-0.05, 0) is 73.6 Å². The number of aryl methyl sites for hydroxylation is 1. The highest BCUT2D eigenvalue weighted by atomic mass is 32.1. The van der Waals surface area contributed by atoms with Crippen LogP contribution in [0, 0.1) is 6.92 Å². The molecule has 192 valence electrons. The Bertz CT molecular complexity index is 1320. The van der Waals surface area contributed by atoms with E-state index >= 15 is 0 Å². The summed E-state index contributed by atoms with van der Waals surface area (Å²) in [5, 5.41) is 7.47. The molecule has 0 aliphatic rings. The zero-order valence-corrected chi connectivity index (χ0v) is 20.1. The lowest BCUT2D eigenvalue weighted by molar-refractivity contribution is -0.274. The van der Waals surface area contributed by atoms with E-state index in [1.54, 1.807) is 13.0 Å². The molecule has 36 heavy (non-hydrogen) atoms. The zero-order valence-electron chi connectivity index (χ0n) is 19.2. The van der Waals surface area contributed by atoms with Crippen molar-refractivity contribution in [3.05, 3.63) is 83.6 Å². The highest BCUT2D eigenvalue weighted by Gasteiger charge is 2.31. The van der Waals surface area contributed by atoms with Gasteiger partial charge in [0.1, 0.15) is 5.75 Å². The number of fused-ring (bicyclic) bond motifs is 1. The van der Waals surface area contributed by atoms with E-state index in [0.717, 1.165) is 41.0 Å². The number of ether oxygens (including phenoxy) is 1. The molecule has 0 bridgehead atoms. The summed E-state index contributed by atoms with van der Waals surface area (Å²) in [7, 11) is 1.89. The molecular formula is C25H23F6N3OS. The number of aromatic nitrogens is 1. The van der Waals surface area contributed by atoms with Crippen LogP contribution in [0.15, 0.2) is 71.8 Å². The van der Waals surface area contributed by atoms with Gasteiger partial charge in [0.2, 0.25) is 0 Å². The topological polar surface area (TPSA) is 49.1 Å². The maximum atomic E-state index is 12.3. The lowest BCUT2D eigenvalue weighted by Crippen LogP contribution is -2.17. The third-order valence-corrected chi connectivity index (χ3v) is 5.30. The molecule has 4 rings (SSSR count). The number of halogens is 6. The Morgan fingerprint density at radius 1 is 0.944 bits per heavy atom. The quantitative estimate of drug-likeness (QED) is 0.158. The van der Waals surface area contributed by atoms with Gasteiger partial charge in [0.05, 0.1) is 5.56 Å². The van der Waals surface area contributed by atoms with E-state index in [9.17, 15) is 26.3 Å². The van der Waals surface area contributed by atoms with E-state index < -0.39 is 18.1 Å². The summed E-state index contributed by atoms with van der Waals surface area (Å²) < 4.78 is 76.6. The van der Waals surface area contributed by atoms with Crippen molar-refractivity contribution in [3.63, 3.8) is 0 Å². The van der Waals surface area contributed by atoms with Gasteiger partial charge in [0.25, 0.3) is 0 Å². The maximum absolute atomic E-state index is 12.3. The molecule has 1 heterocycles. The average Bonchev–Trinajstić information content (AvgIpc) is 3.17. The SMILES string of the molecule is CNCc1c[nH]c2cc(Nc3ccc(OC(F)(F)F)cc3C)ccc12.FC(F)(F)c1cccc(S)c1. The summed E-state index contributed by atoms with van der Waals surface area (Å²) >= 11 is 3.79. The van der Waals surface area contributed by atoms with Gasteiger partial charge in [0, 0.05) is 39.9 Å². The van der Waals surface area contributed by atoms with Crippen molar-refractivity contribution in [1.29, 1.82) is 0 Å². The molecule has 0 radical (unpaired) electrons. The minimum absolute atomic E-state index is 0.230. The van der Waals surface area contributed by atoms with Gasteiger partial charge in [-0.25, -0.2) is 0 Å². The van der Waals surface area contributed by atoms with Crippen molar-refractivity contribution in [2.24, 2.45) is 0 Å². The summed E-state index contributed by atoms with van der Waals surface area (Å²) in [4.78, 5) is 3.54. The Balaban J connectivity index is 0.000000275. The first-order chi connectivity index (χ1) is 16.9. The molecule has 0 amide bonds. The van der Waals surface area contributed by atoms with Crippen LogP contribution in [-0.4, -0.2) is 18.4 Å². The zero-order chi connectivity index (χ0) is 26.5. The van der Waals surface area contributed by atoms with Crippen molar-refractivity contribution < 1.29 is 31.1 Å². The lowest BCUT2D eigenvalue weighted by atomic mass is 10.1. The van der Waals surface area contributed by atoms with Crippen molar-refractivity contribution in [3.8, 4) is 5.75 Å². The molecule has 3 aromatic carbocycles. The first kappa shape index (κ1) is 27.3. The number of hydrogen-bond acceptors (Lipinski definition) is 4. The number of benzene rings is 3. The number of H-pyrrole nitrogens is 1. The second kappa shape index (κ2) is 11.2. The molecule has 1 aromatic heterocycles. The minimum Gasteiger partial charge on any atom is -0.406 e. The first-order valence-corrected chi connectivity index (χ1v) is 11.0. The summed E-state index contributed by atoms with van der Waals surface area (Å²) in [6.45, 7) is 2.50. The summed E-state index contributed by atoms with van der Waals surface area (Å²) in [5.41, 5.74) is 3.72. The second-order valence-corrected chi connectivity index (χ2v) is 8.32. The fourth-order valence-corrected chi connectivity index (χ4v) is 3.64. The number of aromatic amines is 1. The molecule has 4 nitrogen and oxygen atoms in total. The highest BCUT2D eigenvalue weighted by Crippen LogP contribution is 2.31. The summed E-state index contributed by atoms with van der Waals surface area (Å²) in [6.07, 6.45) is -7.00. The highest BCUT2D eigenvalue weighted by molar-refractivity contribution is 7.80. The largest absolute Gasteiger partial charge is 0.573 e. The Labute approximate surface area is 209 Å². The van der Waals surface area contributed by atoms with Crippen LogP contribution in [0.25, 0.3) is 10.9 Å². The van der Waals surface area contributed by atoms with Crippen LogP contribution < -0.4 is 15.4 Å². The average molecular weight is 528 g/mol. The predicted molar refractivity (Wildman–Crippen MR) is 131 cm³/mol. The summed E-state index contributed by atoms with van der Waals surface area (Å²) in [6, 6.07) is 15.0. The third kappa shape index (κ3) is 7.59. The van der Waals surface area contributed by atoms with Crippen LogP contribution >= 0.6 is 12.6 Å². The third-order valence-electron chi connectivity index (χ3n) is 5.02. The maximum Gasteiger partial charge on any atom is 0.573 e. The Kier molecular flexibility index (Phi) is 8.47. The smallest absolute Gasteiger partial charge is 0.406 e. The van der Waals surface area contributed by atoms with Gasteiger partial charge in [-0.2, -0.15) is 13.2 Å². The molecule has 0 saturated carbocycles. The Hall–Kier alpha value is -3.31. The molecular weight excluding hydrogens is 504 g/mol. The summed E-state index contributed by atoms with van der Waals surface area (Å²) in [5.74, 6) is -0.230. The normalized spacial score (nSPS) is 11.7. The van der Waals surface area contributed by atoms with E-state index in [1.807, 2.05) is 31.4 Å². The van der Waals surface area contributed by atoms with Crippen LogP contribution in [0.2, 0.25) is 0 Å². The fraction of sp³-hybridized carbons (Fsp3) is 0.200. The number of nitrogens with one attached hydrogen (secondary N) is 3. The molecule has 4 aromatic rings. The molecule has 0 aliphatic heterocycles. The molecule has 0 atom stereocenters. The molecule has 0 unspecified atom stereocenters. The van der Waals surface area contributed by atoms with E-state index in [-0.39, 0.29) is 5.75 Å². The van der Waals surface area contributed by atoms with E-state index in [4.69, 9.17) is 0 Å². The van der Waals surface area contributed by atoms with Gasteiger partial charge in [-0.1, -0.05) is 12.1 Å². The monoisotopic (exact) mass is 527 g/mol. The first-order valence-electron chi connectivity index (χ1n) is 10.6. The second-order valence-electron chi connectivity index (χ2n) is 7.80. The van der Waals surface area contributed by atoms with Crippen molar-refractivity contribution >= 4 is 34.9 Å². The van der Waals surface area contributed by atoms with Gasteiger partial charge in [-0.15, -0.1) is 25.8 Å². The van der Waals surface area contributed by atoms with Crippen LogP contribution in [0.1, 0.15) is 16.7 Å². The number of rotatable bonds is 5. The number of alkyl halides is 6. The van der Waals surface area contributed by atoms with Crippen LogP contribution in [-0.2, 0) is 12.7 Å². The van der Waals surface area contributed by atoms with Crippen molar-refractivity contribution in [2.75, 3.05) is 12.4 Å². The minimum atomic E-state index is -4.69. The van der Waals surface area contributed by atoms with Gasteiger partial charge in [0.15, 0.2) is 0 Å². The van der Waals surface area contributed by atoms with Gasteiger partial charge < -0.3 is 20.4 Å². The Morgan fingerprint density at radius 2 is 1.69 bits per heavy atom. The standard InChI is InChI=1S/C18H18F3N3O.C7H5F3S/c1-11-7-14(25-18(19,20)21)4-6-16(11)24-13-3-5-15-12(9-22-2)10-23-17(15)8-13;8-7(9,10)5-2-1-3-6(11)4-5/h3-8,10,22-24H,9H2,1-2H3;1-4,11H. The number of anilines is 2. The lowest BCUT2D eigenvalue weighted by Gasteiger charge is -2.13. The Morgan fingerprint density at radius 3 is 2.28 bits per heavy atom. The van der Waals surface area contributed by atoms with E-state index in [1.165, 1.54) is 29.8 Å². The molecule has 11 heteroatoms. The van der Waals surface area contributed by atoms with Crippen molar-refractivity contribution in [1.82, 2.24) is 10.3 Å². The molecule has 0 fully saturated rings. The molecule has 0 spiro atoms. The van der Waals surface area contributed by atoms with Gasteiger partial charge >= 0.3 is 12.5 Å². The number of hydrogen-bond donors (Lipinski definition) is 4. The number of thiol groups is 1.